The van der Waals surface area contributed by atoms with Crippen LogP contribution in [0.25, 0.3) is 10.9 Å². The molecule has 25 heavy (non-hydrogen) atoms. The van der Waals surface area contributed by atoms with Gasteiger partial charge in [0.2, 0.25) is 0 Å². The molecule has 0 amide bonds. The number of aromatic nitrogens is 1. The number of methoxy groups -OCH3 is 1. The number of anilines is 1. The average Bonchev–Trinajstić information content (AvgIpc) is 2.99. The Hall–Kier alpha value is -2.53. The van der Waals surface area contributed by atoms with E-state index in [-0.39, 0.29) is 0 Å². The topological polar surface area (TPSA) is 49.1 Å². The zero-order valence-corrected chi connectivity index (χ0v) is 15.0. The molecule has 0 saturated heterocycles. The van der Waals surface area contributed by atoms with E-state index >= 15 is 0 Å². The van der Waals surface area contributed by atoms with Crippen molar-refractivity contribution in [3.05, 3.63) is 59.8 Å². The standard InChI is InChI=1S/C20H21N3OS/c1-24-19-9-5-4-8-17(19)23-20(25)21-13-10-11-15-14-6-2-3-7-16(14)22-18(15)12-13/h2-9,13,22H,10-12H2,1H3,(H2,21,23,25). The summed E-state index contributed by atoms with van der Waals surface area (Å²) >= 11 is 5.50. The summed E-state index contributed by atoms with van der Waals surface area (Å²) in [4.78, 5) is 3.56. The monoisotopic (exact) mass is 351 g/mol. The van der Waals surface area contributed by atoms with Gasteiger partial charge in [-0.3, -0.25) is 0 Å². The van der Waals surface area contributed by atoms with Gasteiger partial charge in [0, 0.05) is 29.1 Å². The minimum absolute atomic E-state index is 0.329. The van der Waals surface area contributed by atoms with Crippen LogP contribution in [-0.2, 0) is 12.8 Å². The quantitative estimate of drug-likeness (QED) is 0.624. The number of hydrogen-bond donors (Lipinski definition) is 3. The van der Waals surface area contributed by atoms with Crippen molar-refractivity contribution >= 4 is 33.9 Å². The van der Waals surface area contributed by atoms with Crippen LogP contribution in [0.4, 0.5) is 5.69 Å². The van der Waals surface area contributed by atoms with Gasteiger partial charge in [0.25, 0.3) is 0 Å². The molecule has 0 radical (unpaired) electrons. The molecule has 1 aromatic heterocycles. The van der Waals surface area contributed by atoms with Gasteiger partial charge in [0.05, 0.1) is 12.8 Å². The summed E-state index contributed by atoms with van der Waals surface area (Å²) in [7, 11) is 1.66. The van der Waals surface area contributed by atoms with Gasteiger partial charge in [-0.25, -0.2) is 0 Å². The Morgan fingerprint density at radius 2 is 1.96 bits per heavy atom. The molecule has 3 N–H and O–H groups in total. The summed E-state index contributed by atoms with van der Waals surface area (Å²) < 4.78 is 5.36. The maximum Gasteiger partial charge on any atom is 0.171 e. The van der Waals surface area contributed by atoms with Gasteiger partial charge in [-0.15, -0.1) is 0 Å². The van der Waals surface area contributed by atoms with Crippen LogP contribution in [0.15, 0.2) is 48.5 Å². The number of benzene rings is 2. The van der Waals surface area contributed by atoms with Crippen LogP contribution in [0.1, 0.15) is 17.7 Å². The Morgan fingerprint density at radius 1 is 1.16 bits per heavy atom. The van der Waals surface area contributed by atoms with E-state index in [4.69, 9.17) is 17.0 Å². The summed E-state index contributed by atoms with van der Waals surface area (Å²) in [6, 6.07) is 16.6. The van der Waals surface area contributed by atoms with Gasteiger partial charge < -0.3 is 20.4 Å². The van der Waals surface area contributed by atoms with E-state index in [2.05, 4.69) is 39.9 Å². The lowest BCUT2D eigenvalue weighted by Gasteiger charge is -2.25. The van der Waals surface area contributed by atoms with Crippen LogP contribution in [-0.4, -0.2) is 23.2 Å². The highest BCUT2D eigenvalue weighted by atomic mass is 32.1. The van der Waals surface area contributed by atoms with E-state index in [9.17, 15) is 0 Å². The van der Waals surface area contributed by atoms with Crippen LogP contribution >= 0.6 is 12.2 Å². The number of H-pyrrole nitrogens is 1. The van der Waals surface area contributed by atoms with Crippen LogP contribution in [0, 0.1) is 0 Å². The first-order chi connectivity index (χ1) is 12.2. The molecule has 0 saturated carbocycles. The van der Waals surface area contributed by atoms with Crippen LogP contribution in [0.2, 0.25) is 0 Å². The first kappa shape index (κ1) is 16.0. The molecule has 4 nitrogen and oxygen atoms in total. The number of aromatic amines is 1. The maximum atomic E-state index is 5.50. The van der Waals surface area contributed by atoms with Crippen LogP contribution in [0.3, 0.4) is 0 Å². The van der Waals surface area contributed by atoms with Crippen molar-refractivity contribution in [3.63, 3.8) is 0 Å². The van der Waals surface area contributed by atoms with Gasteiger partial charge in [0.1, 0.15) is 5.75 Å². The number of ether oxygens (including phenoxy) is 1. The molecule has 3 aromatic rings. The summed E-state index contributed by atoms with van der Waals surface area (Å²) in [5.74, 6) is 0.785. The second kappa shape index (κ2) is 6.76. The predicted octanol–water partition coefficient (Wildman–Crippen LogP) is 4.02. The second-order valence-corrected chi connectivity index (χ2v) is 6.77. The Kier molecular flexibility index (Phi) is 4.32. The molecule has 128 valence electrons. The molecule has 0 bridgehead atoms. The molecular formula is C20H21N3OS. The molecule has 0 aliphatic heterocycles. The van der Waals surface area contributed by atoms with E-state index in [0.29, 0.717) is 11.2 Å². The van der Waals surface area contributed by atoms with Gasteiger partial charge in [-0.2, -0.15) is 0 Å². The van der Waals surface area contributed by atoms with Crippen LogP contribution < -0.4 is 15.4 Å². The number of para-hydroxylation sites is 3. The average molecular weight is 351 g/mol. The molecule has 1 heterocycles. The van der Waals surface area contributed by atoms with Crippen molar-refractivity contribution in [1.29, 1.82) is 0 Å². The molecule has 1 aliphatic carbocycles. The van der Waals surface area contributed by atoms with Gasteiger partial charge in [0.15, 0.2) is 5.11 Å². The largest absolute Gasteiger partial charge is 0.495 e. The zero-order valence-electron chi connectivity index (χ0n) is 14.1. The Labute approximate surface area is 152 Å². The van der Waals surface area contributed by atoms with Crippen molar-refractivity contribution < 1.29 is 4.74 Å². The van der Waals surface area contributed by atoms with E-state index in [1.54, 1.807) is 7.11 Å². The van der Waals surface area contributed by atoms with Crippen molar-refractivity contribution in [3.8, 4) is 5.75 Å². The van der Waals surface area contributed by atoms with Gasteiger partial charge in [-0.1, -0.05) is 30.3 Å². The Bertz CT molecular complexity index is 918. The second-order valence-electron chi connectivity index (χ2n) is 6.37. The third-order valence-electron chi connectivity index (χ3n) is 4.79. The van der Waals surface area contributed by atoms with Crippen LogP contribution in [0.5, 0.6) is 5.75 Å². The SMILES string of the molecule is COc1ccccc1NC(=S)NC1CCc2c([nH]c3ccccc23)C1. The number of fused-ring (bicyclic) bond motifs is 3. The summed E-state index contributed by atoms with van der Waals surface area (Å²) in [5, 5.41) is 8.68. The number of thiocarbonyl (C=S) groups is 1. The molecule has 4 rings (SSSR count). The highest BCUT2D eigenvalue weighted by molar-refractivity contribution is 7.80. The zero-order chi connectivity index (χ0) is 17.2. The smallest absolute Gasteiger partial charge is 0.171 e. The van der Waals surface area contributed by atoms with Crippen molar-refractivity contribution in [2.45, 2.75) is 25.3 Å². The lowest BCUT2D eigenvalue weighted by molar-refractivity contribution is 0.417. The van der Waals surface area contributed by atoms with Crippen molar-refractivity contribution in [2.75, 3.05) is 12.4 Å². The maximum absolute atomic E-state index is 5.50. The fourth-order valence-electron chi connectivity index (χ4n) is 3.60. The molecule has 1 atom stereocenters. The lowest BCUT2D eigenvalue weighted by atomic mass is 9.92. The van der Waals surface area contributed by atoms with Crippen molar-refractivity contribution in [1.82, 2.24) is 10.3 Å². The first-order valence-electron chi connectivity index (χ1n) is 8.53. The fourth-order valence-corrected chi connectivity index (χ4v) is 3.87. The number of aryl methyl sites for hydroxylation is 1. The lowest BCUT2D eigenvalue weighted by Crippen LogP contribution is -2.41. The predicted molar refractivity (Wildman–Crippen MR) is 106 cm³/mol. The third-order valence-corrected chi connectivity index (χ3v) is 5.01. The molecule has 0 spiro atoms. The molecule has 5 heteroatoms. The van der Waals surface area contributed by atoms with E-state index in [1.165, 1.54) is 22.2 Å². The Balaban J connectivity index is 1.44. The molecular weight excluding hydrogens is 330 g/mol. The highest BCUT2D eigenvalue weighted by Gasteiger charge is 2.22. The van der Waals surface area contributed by atoms with E-state index < -0.39 is 0 Å². The molecule has 1 aliphatic rings. The third kappa shape index (κ3) is 3.20. The summed E-state index contributed by atoms with van der Waals surface area (Å²) in [6.45, 7) is 0. The molecule has 0 fully saturated rings. The highest BCUT2D eigenvalue weighted by Crippen LogP contribution is 2.29. The van der Waals surface area contributed by atoms with E-state index in [0.717, 1.165) is 30.7 Å². The molecule has 1 unspecified atom stereocenters. The van der Waals surface area contributed by atoms with Gasteiger partial charge in [-0.05, 0) is 48.8 Å². The Morgan fingerprint density at radius 3 is 2.84 bits per heavy atom. The number of hydrogen-bond acceptors (Lipinski definition) is 2. The summed E-state index contributed by atoms with van der Waals surface area (Å²) in [5.41, 5.74) is 4.88. The minimum Gasteiger partial charge on any atom is -0.495 e. The fraction of sp³-hybridized carbons (Fsp3) is 0.250. The first-order valence-corrected chi connectivity index (χ1v) is 8.94. The number of nitrogens with one attached hydrogen (secondary N) is 3. The van der Waals surface area contributed by atoms with Crippen molar-refractivity contribution in [2.24, 2.45) is 0 Å². The normalized spacial score (nSPS) is 16.3. The molecule has 2 aromatic carbocycles. The minimum atomic E-state index is 0.329. The number of rotatable bonds is 3. The van der Waals surface area contributed by atoms with Gasteiger partial charge >= 0.3 is 0 Å². The van der Waals surface area contributed by atoms with E-state index in [1.807, 2.05) is 24.3 Å². The summed E-state index contributed by atoms with van der Waals surface area (Å²) in [6.07, 6.45) is 3.09.